The third-order valence-electron chi connectivity index (χ3n) is 3.65. The van der Waals surface area contributed by atoms with Crippen LogP contribution in [0.1, 0.15) is 11.3 Å². The molecule has 0 radical (unpaired) electrons. The van der Waals surface area contributed by atoms with Crippen LogP contribution in [0.2, 0.25) is 5.02 Å². The molecule has 0 aliphatic carbocycles. The van der Waals surface area contributed by atoms with Gasteiger partial charge in [-0.3, -0.25) is 0 Å². The first-order chi connectivity index (χ1) is 10.8. The van der Waals surface area contributed by atoms with E-state index >= 15 is 0 Å². The Labute approximate surface area is 132 Å². The molecule has 0 bridgehead atoms. The molecule has 2 aromatic carbocycles. The zero-order valence-corrected chi connectivity index (χ0v) is 12.3. The molecular formula is C18H12ClNO2. The van der Waals surface area contributed by atoms with Crippen molar-refractivity contribution >= 4 is 23.1 Å². The van der Waals surface area contributed by atoms with Gasteiger partial charge in [-0.15, -0.1) is 0 Å². The molecule has 1 aromatic heterocycles. The van der Waals surface area contributed by atoms with Crippen LogP contribution >= 0.6 is 11.6 Å². The van der Waals surface area contributed by atoms with E-state index in [2.05, 4.69) is 0 Å². The van der Waals surface area contributed by atoms with Crippen LogP contribution in [0.25, 0.3) is 17.2 Å². The van der Waals surface area contributed by atoms with Gasteiger partial charge in [0.1, 0.15) is 0 Å². The second-order valence-electron chi connectivity index (χ2n) is 5.00. The van der Waals surface area contributed by atoms with Crippen molar-refractivity contribution in [2.45, 2.75) is 0 Å². The van der Waals surface area contributed by atoms with Crippen molar-refractivity contribution in [3.63, 3.8) is 0 Å². The Morgan fingerprint density at radius 2 is 1.73 bits per heavy atom. The molecule has 4 heteroatoms. The number of hydrogen-bond acceptors (Lipinski definition) is 2. The predicted octanol–water partition coefficient (Wildman–Crippen LogP) is 4.91. The third kappa shape index (κ3) is 1.90. The molecule has 0 spiro atoms. The largest absolute Gasteiger partial charge is 0.503 e. The fourth-order valence-corrected chi connectivity index (χ4v) is 2.83. The number of para-hydroxylation sites is 1. The third-order valence-corrected chi connectivity index (χ3v) is 3.95. The summed E-state index contributed by atoms with van der Waals surface area (Å²) < 4.78 is 7.87. The lowest BCUT2D eigenvalue weighted by Crippen LogP contribution is -1.98. The highest BCUT2D eigenvalue weighted by atomic mass is 35.5. The Bertz CT molecular complexity index is 881. The average Bonchev–Trinajstić information content (AvgIpc) is 2.99. The first kappa shape index (κ1) is 13.0. The Morgan fingerprint density at radius 1 is 0.909 bits per heavy atom. The first-order valence-corrected chi connectivity index (χ1v) is 7.26. The van der Waals surface area contributed by atoms with E-state index < -0.39 is 0 Å². The van der Waals surface area contributed by atoms with Crippen LogP contribution in [0.3, 0.4) is 0 Å². The van der Waals surface area contributed by atoms with Crippen molar-refractivity contribution in [3.8, 4) is 11.4 Å². The SMILES string of the molecule is OC1=C(c2ccccc2)Oc2c(Cl)cccc2-n2cccc21. The summed E-state index contributed by atoms with van der Waals surface area (Å²) in [6, 6.07) is 18.8. The highest BCUT2D eigenvalue weighted by molar-refractivity contribution is 6.32. The summed E-state index contributed by atoms with van der Waals surface area (Å²) in [5, 5.41) is 11.2. The number of aromatic nitrogens is 1. The van der Waals surface area contributed by atoms with Gasteiger partial charge < -0.3 is 14.4 Å². The summed E-state index contributed by atoms with van der Waals surface area (Å²) in [6.45, 7) is 0. The van der Waals surface area contributed by atoms with Gasteiger partial charge in [0, 0.05) is 11.8 Å². The molecule has 4 rings (SSSR count). The Kier molecular flexibility index (Phi) is 2.94. The second kappa shape index (κ2) is 4.97. The lowest BCUT2D eigenvalue weighted by Gasteiger charge is -2.13. The van der Waals surface area contributed by atoms with Gasteiger partial charge in [0.05, 0.1) is 16.4 Å². The molecule has 0 amide bonds. The van der Waals surface area contributed by atoms with Crippen LogP contribution in [-0.2, 0) is 0 Å². The highest BCUT2D eigenvalue weighted by Crippen LogP contribution is 2.40. The standard InChI is InChI=1S/C18H12ClNO2/c19-13-8-4-9-15-18(13)22-17(12-6-2-1-3-7-12)16(21)14-10-5-11-20(14)15/h1-11,21H. The van der Waals surface area contributed by atoms with Crippen molar-refractivity contribution in [2.24, 2.45) is 0 Å². The number of nitrogens with zero attached hydrogens (tertiary/aromatic N) is 1. The van der Waals surface area contributed by atoms with E-state index in [0.717, 1.165) is 11.3 Å². The van der Waals surface area contributed by atoms with Gasteiger partial charge in [-0.1, -0.05) is 48.0 Å². The molecule has 0 unspecified atom stereocenters. The minimum absolute atomic E-state index is 0.0865. The molecule has 3 nitrogen and oxygen atoms in total. The Hall–Kier alpha value is -2.65. The van der Waals surface area contributed by atoms with E-state index in [0.29, 0.717) is 22.2 Å². The summed E-state index contributed by atoms with van der Waals surface area (Å²) >= 11 is 6.31. The van der Waals surface area contributed by atoms with E-state index in [1.807, 2.05) is 65.4 Å². The maximum atomic E-state index is 10.7. The zero-order chi connectivity index (χ0) is 15.1. The fourth-order valence-electron chi connectivity index (χ4n) is 2.62. The molecule has 0 saturated carbocycles. The van der Waals surface area contributed by atoms with Gasteiger partial charge in [0.15, 0.2) is 17.3 Å². The molecule has 22 heavy (non-hydrogen) atoms. The number of aliphatic hydroxyl groups excluding tert-OH is 1. The molecule has 1 N–H and O–H groups in total. The molecule has 1 aliphatic rings. The monoisotopic (exact) mass is 309 g/mol. The van der Waals surface area contributed by atoms with Crippen molar-refractivity contribution < 1.29 is 9.84 Å². The van der Waals surface area contributed by atoms with E-state index in [9.17, 15) is 5.11 Å². The number of aliphatic hydroxyl groups is 1. The van der Waals surface area contributed by atoms with Gasteiger partial charge in [0.2, 0.25) is 0 Å². The average molecular weight is 310 g/mol. The highest BCUT2D eigenvalue weighted by Gasteiger charge is 2.24. The van der Waals surface area contributed by atoms with Crippen LogP contribution in [0.4, 0.5) is 0 Å². The summed E-state index contributed by atoms with van der Waals surface area (Å²) in [5.74, 6) is 1.01. The minimum Gasteiger partial charge on any atom is -0.503 e. The first-order valence-electron chi connectivity index (χ1n) is 6.89. The summed E-state index contributed by atoms with van der Waals surface area (Å²) in [4.78, 5) is 0. The van der Waals surface area contributed by atoms with Crippen LogP contribution in [-0.4, -0.2) is 9.67 Å². The van der Waals surface area contributed by atoms with E-state index in [-0.39, 0.29) is 5.76 Å². The topological polar surface area (TPSA) is 34.4 Å². The van der Waals surface area contributed by atoms with Crippen LogP contribution < -0.4 is 4.74 Å². The van der Waals surface area contributed by atoms with Gasteiger partial charge >= 0.3 is 0 Å². The molecular weight excluding hydrogens is 298 g/mol. The van der Waals surface area contributed by atoms with Gasteiger partial charge in [-0.2, -0.15) is 0 Å². The fraction of sp³-hybridized carbons (Fsp3) is 0. The maximum absolute atomic E-state index is 10.7. The van der Waals surface area contributed by atoms with E-state index in [1.54, 1.807) is 6.07 Å². The van der Waals surface area contributed by atoms with Crippen LogP contribution in [0.15, 0.2) is 66.9 Å². The van der Waals surface area contributed by atoms with Crippen molar-refractivity contribution in [1.29, 1.82) is 0 Å². The number of ether oxygens (including phenoxy) is 1. The minimum atomic E-state index is 0.0865. The van der Waals surface area contributed by atoms with E-state index in [4.69, 9.17) is 16.3 Å². The maximum Gasteiger partial charge on any atom is 0.183 e. The number of fused-ring (bicyclic) bond motifs is 3. The van der Waals surface area contributed by atoms with Crippen molar-refractivity contribution in [1.82, 2.24) is 4.57 Å². The summed E-state index contributed by atoms with van der Waals surface area (Å²) in [7, 11) is 0. The Balaban J connectivity index is 2.03. The number of halogens is 1. The molecule has 3 aromatic rings. The van der Waals surface area contributed by atoms with Gasteiger partial charge in [0.25, 0.3) is 0 Å². The normalized spacial score (nSPS) is 13.1. The van der Waals surface area contributed by atoms with E-state index in [1.165, 1.54) is 0 Å². The molecule has 0 atom stereocenters. The van der Waals surface area contributed by atoms with Crippen molar-refractivity contribution in [2.75, 3.05) is 0 Å². The van der Waals surface area contributed by atoms with Crippen LogP contribution in [0.5, 0.6) is 5.75 Å². The predicted molar refractivity (Wildman–Crippen MR) is 87.3 cm³/mol. The summed E-state index contributed by atoms with van der Waals surface area (Å²) in [5.41, 5.74) is 2.25. The Morgan fingerprint density at radius 3 is 2.55 bits per heavy atom. The number of rotatable bonds is 1. The molecule has 0 fully saturated rings. The molecule has 2 heterocycles. The number of benzene rings is 2. The number of hydrogen-bond donors (Lipinski definition) is 1. The van der Waals surface area contributed by atoms with Gasteiger partial charge in [-0.05, 0) is 24.3 Å². The van der Waals surface area contributed by atoms with Gasteiger partial charge in [-0.25, -0.2) is 0 Å². The quantitative estimate of drug-likeness (QED) is 0.693. The lowest BCUT2D eigenvalue weighted by molar-refractivity contribution is 0.468. The van der Waals surface area contributed by atoms with Crippen molar-refractivity contribution in [3.05, 3.63) is 83.1 Å². The lowest BCUT2D eigenvalue weighted by atomic mass is 10.1. The zero-order valence-electron chi connectivity index (χ0n) is 11.5. The molecule has 1 aliphatic heterocycles. The summed E-state index contributed by atoms with van der Waals surface area (Å²) in [6.07, 6.45) is 1.87. The molecule has 0 saturated heterocycles. The molecule has 108 valence electrons. The van der Waals surface area contributed by atoms with Crippen LogP contribution in [0, 0.1) is 0 Å². The smallest absolute Gasteiger partial charge is 0.183 e. The second-order valence-corrected chi connectivity index (χ2v) is 5.40.